The van der Waals surface area contributed by atoms with E-state index < -0.39 is 0 Å². The number of halogens is 1. The first-order chi connectivity index (χ1) is 9.70. The van der Waals surface area contributed by atoms with Gasteiger partial charge in [0.15, 0.2) is 0 Å². The summed E-state index contributed by atoms with van der Waals surface area (Å²) in [6.07, 6.45) is 3.00. The minimum atomic E-state index is -0.238. The van der Waals surface area contributed by atoms with Gasteiger partial charge in [0.2, 0.25) is 0 Å². The van der Waals surface area contributed by atoms with Crippen molar-refractivity contribution in [3.05, 3.63) is 58.9 Å². The molecule has 1 heterocycles. The van der Waals surface area contributed by atoms with Crippen molar-refractivity contribution in [3.8, 4) is 0 Å². The van der Waals surface area contributed by atoms with E-state index in [0.717, 1.165) is 24.3 Å². The summed E-state index contributed by atoms with van der Waals surface area (Å²) in [6, 6.07) is 9.31. The number of anilines is 1. The second-order valence-corrected chi connectivity index (χ2v) is 4.70. The van der Waals surface area contributed by atoms with Gasteiger partial charge < -0.3 is 10.6 Å². The Morgan fingerprint density at radius 1 is 1.35 bits per heavy atom. The monoisotopic (exact) mass is 289 g/mol. The summed E-state index contributed by atoms with van der Waals surface area (Å²) in [6.45, 7) is 3.73. The zero-order valence-corrected chi connectivity index (χ0v) is 11.9. The molecule has 0 radical (unpaired) electrons. The zero-order chi connectivity index (χ0) is 14.4. The average Bonchev–Trinajstić information content (AvgIpc) is 2.46. The van der Waals surface area contributed by atoms with Crippen LogP contribution in [0.5, 0.6) is 0 Å². The molecule has 0 atom stereocenters. The number of carbonyl (C=O) groups is 1. The predicted molar refractivity (Wildman–Crippen MR) is 81.0 cm³/mol. The number of pyridine rings is 1. The van der Waals surface area contributed by atoms with Crippen LogP contribution in [0.1, 0.15) is 22.8 Å². The number of hydrogen-bond acceptors (Lipinski definition) is 3. The van der Waals surface area contributed by atoms with Crippen molar-refractivity contribution in [3.63, 3.8) is 0 Å². The molecule has 2 aromatic rings. The Morgan fingerprint density at radius 2 is 2.20 bits per heavy atom. The highest BCUT2D eigenvalue weighted by atomic mass is 35.5. The van der Waals surface area contributed by atoms with Gasteiger partial charge >= 0.3 is 0 Å². The maximum atomic E-state index is 12.1. The molecule has 0 aliphatic carbocycles. The summed E-state index contributed by atoms with van der Waals surface area (Å²) in [7, 11) is 0. The molecule has 0 saturated heterocycles. The van der Waals surface area contributed by atoms with Crippen molar-refractivity contribution in [1.29, 1.82) is 0 Å². The van der Waals surface area contributed by atoms with Crippen LogP contribution in [0.4, 0.5) is 5.69 Å². The standard InChI is InChI=1S/C15H16ClN3O/c1-2-17-9-11-4-3-5-12(8-11)19-15(20)13-6-7-18-10-14(13)16/h3-8,10,17H,2,9H2,1H3,(H,19,20). The third kappa shape index (κ3) is 3.79. The summed E-state index contributed by atoms with van der Waals surface area (Å²) in [5.41, 5.74) is 2.28. The SMILES string of the molecule is CCNCc1cccc(NC(=O)c2ccncc2Cl)c1. The van der Waals surface area contributed by atoms with Crippen LogP contribution < -0.4 is 10.6 Å². The molecule has 1 aromatic heterocycles. The first kappa shape index (κ1) is 14.5. The average molecular weight is 290 g/mol. The number of nitrogens with one attached hydrogen (secondary N) is 2. The maximum absolute atomic E-state index is 12.1. The molecule has 0 unspecified atom stereocenters. The minimum Gasteiger partial charge on any atom is -0.322 e. The van der Waals surface area contributed by atoms with Gasteiger partial charge in [-0.05, 0) is 30.3 Å². The van der Waals surface area contributed by atoms with Crippen molar-refractivity contribution >= 4 is 23.2 Å². The van der Waals surface area contributed by atoms with Crippen LogP contribution in [0.15, 0.2) is 42.7 Å². The summed E-state index contributed by atoms with van der Waals surface area (Å²) >= 11 is 5.95. The van der Waals surface area contributed by atoms with Gasteiger partial charge in [-0.3, -0.25) is 9.78 Å². The van der Waals surface area contributed by atoms with E-state index in [-0.39, 0.29) is 5.91 Å². The lowest BCUT2D eigenvalue weighted by Gasteiger charge is -2.08. The van der Waals surface area contributed by atoms with Crippen molar-refractivity contribution in [2.45, 2.75) is 13.5 Å². The summed E-state index contributed by atoms with van der Waals surface area (Å²) in [5, 5.41) is 6.42. The van der Waals surface area contributed by atoms with Crippen LogP contribution in [0.3, 0.4) is 0 Å². The van der Waals surface area contributed by atoms with Gasteiger partial charge in [-0.2, -0.15) is 0 Å². The Hall–Kier alpha value is -1.91. The van der Waals surface area contributed by atoms with Crippen LogP contribution in [0, 0.1) is 0 Å². The van der Waals surface area contributed by atoms with Crippen LogP contribution in [-0.4, -0.2) is 17.4 Å². The number of benzene rings is 1. The van der Waals surface area contributed by atoms with E-state index in [1.807, 2.05) is 24.3 Å². The van der Waals surface area contributed by atoms with Crippen LogP contribution in [-0.2, 0) is 6.54 Å². The Morgan fingerprint density at radius 3 is 2.95 bits per heavy atom. The van der Waals surface area contributed by atoms with Gasteiger partial charge in [-0.25, -0.2) is 0 Å². The summed E-state index contributed by atoms with van der Waals surface area (Å²) < 4.78 is 0. The fraction of sp³-hybridized carbons (Fsp3) is 0.200. The summed E-state index contributed by atoms with van der Waals surface area (Å²) in [4.78, 5) is 16.0. The quantitative estimate of drug-likeness (QED) is 0.889. The van der Waals surface area contributed by atoms with Crippen molar-refractivity contribution in [2.24, 2.45) is 0 Å². The molecule has 4 nitrogen and oxygen atoms in total. The first-order valence-electron chi connectivity index (χ1n) is 6.41. The maximum Gasteiger partial charge on any atom is 0.257 e. The molecule has 0 spiro atoms. The highest BCUT2D eigenvalue weighted by molar-refractivity contribution is 6.34. The largest absolute Gasteiger partial charge is 0.322 e. The number of amides is 1. The Kier molecular flexibility index (Phi) is 5.09. The van der Waals surface area contributed by atoms with Crippen LogP contribution in [0.2, 0.25) is 5.02 Å². The van der Waals surface area contributed by atoms with Crippen molar-refractivity contribution in [1.82, 2.24) is 10.3 Å². The number of hydrogen-bond donors (Lipinski definition) is 2. The van der Waals surface area contributed by atoms with E-state index in [9.17, 15) is 4.79 Å². The lowest BCUT2D eigenvalue weighted by atomic mass is 10.2. The van der Waals surface area contributed by atoms with E-state index >= 15 is 0 Å². The van der Waals surface area contributed by atoms with E-state index in [2.05, 4.69) is 22.5 Å². The molecular formula is C15H16ClN3O. The summed E-state index contributed by atoms with van der Waals surface area (Å²) in [5.74, 6) is -0.238. The Labute approximate surface area is 123 Å². The van der Waals surface area contributed by atoms with Crippen molar-refractivity contribution < 1.29 is 4.79 Å². The van der Waals surface area contributed by atoms with Crippen molar-refractivity contribution in [2.75, 3.05) is 11.9 Å². The highest BCUT2D eigenvalue weighted by Crippen LogP contribution is 2.17. The third-order valence-electron chi connectivity index (χ3n) is 2.78. The fourth-order valence-electron chi connectivity index (χ4n) is 1.79. The van der Waals surface area contributed by atoms with Gasteiger partial charge in [0.05, 0.1) is 10.6 Å². The molecule has 104 valence electrons. The normalized spacial score (nSPS) is 10.3. The molecule has 0 fully saturated rings. The molecule has 2 rings (SSSR count). The Bertz CT molecular complexity index is 601. The lowest BCUT2D eigenvalue weighted by molar-refractivity contribution is 0.102. The van der Waals surface area contributed by atoms with Gasteiger partial charge in [-0.1, -0.05) is 30.7 Å². The Balaban J connectivity index is 2.10. The molecule has 0 saturated carbocycles. The van der Waals surface area contributed by atoms with E-state index in [1.165, 1.54) is 6.20 Å². The molecular weight excluding hydrogens is 274 g/mol. The second kappa shape index (κ2) is 7.03. The molecule has 5 heteroatoms. The molecule has 1 amide bonds. The highest BCUT2D eigenvalue weighted by Gasteiger charge is 2.10. The number of carbonyl (C=O) groups excluding carboxylic acids is 1. The van der Waals surface area contributed by atoms with Gasteiger partial charge in [0, 0.05) is 24.6 Å². The predicted octanol–water partition coefficient (Wildman–Crippen LogP) is 3.10. The lowest BCUT2D eigenvalue weighted by Crippen LogP contribution is -2.14. The number of nitrogens with zero attached hydrogens (tertiary/aromatic N) is 1. The topological polar surface area (TPSA) is 54.0 Å². The molecule has 0 aliphatic rings. The fourth-order valence-corrected chi connectivity index (χ4v) is 1.99. The molecule has 0 bridgehead atoms. The van der Waals surface area contributed by atoms with Gasteiger partial charge in [-0.15, -0.1) is 0 Å². The minimum absolute atomic E-state index is 0.238. The van der Waals surface area contributed by atoms with Gasteiger partial charge in [0.25, 0.3) is 5.91 Å². The zero-order valence-electron chi connectivity index (χ0n) is 11.2. The molecule has 2 N–H and O–H groups in total. The van der Waals surface area contributed by atoms with E-state index in [1.54, 1.807) is 12.3 Å². The van der Waals surface area contributed by atoms with Gasteiger partial charge in [0.1, 0.15) is 0 Å². The van der Waals surface area contributed by atoms with E-state index in [0.29, 0.717) is 10.6 Å². The number of rotatable bonds is 5. The van der Waals surface area contributed by atoms with Crippen LogP contribution in [0.25, 0.3) is 0 Å². The number of aromatic nitrogens is 1. The smallest absolute Gasteiger partial charge is 0.257 e. The second-order valence-electron chi connectivity index (χ2n) is 4.29. The molecule has 0 aliphatic heterocycles. The molecule has 20 heavy (non-hydrogen) atoms. The molecule has 1 aromatic carbocycles. The third-order valence-corrected chi connectivity index (χ3v) is 3.08. The first-order valence-corrected chi connectivity index (χ1v) is 6.79. The van der Waals surface area contributed by atoms with E-state index in [4.69, 9.17) is 11.6 Å². The van der Waals surface area contributed by atoms with Crippen LogP contribution >= 0.6 is 11.6 Å².